The molecule has 0 radical (unpaired) electrons. The van der Waals surface area contributed by atoms with Crippen molar-refractivity contribution in [1.82, 2.24) is 31.6 Å². The molecule has 0 bridgehead atoms. The van der Waals surface area contributed by atoms with E-state index in [2.05, 4.69) is 31.6 Å². The standard InChI is InChI=1S/C53H60N8O9/c1-35(48(55)62)57-50(64)46(29-40-30-56-43-21-12-11-20-42(40)43)59-52(66)47(34-68-31-37-14-5-2-6-15-37)60-51(65)45(28-36-23-25-41(26-24-36)69-32-38-16-7-3-8-17-38)58-49(63)44(22-13-27-54)61-53(67)70-33-39-18-9-4-10-19-39/h2-12,14-21,23-26,30,35,44-47,56H,13,22,27-29,31-34,54H2,1H3,(H2,55,62)(H,57,64)(H,58,63)(H,59,66)(H,60,65)(H,61,67)/t35-,44+,45+,46+,47+/m1/s1. The van der Waals surface area contributed by atoms with E-state index in [4.69, 9.17) is 25.7 Å². The second-order valence-corrected chi connectivity index (χ2v) is 16.7. The van der Waals surface area contributed by atoms with Crippen LogP contribution in [0, 0.1) is 0 Å². The highest BCUT2D eigenvalue weighted by atomic mass is 16.5. The van der Waals surface area contributed by atoms with Gasteiger partial charge in [0.05, 0.1) is 13.2 Å². The molecule has 10 N–H and O–H groups in total. The number of primary amides is 1. The Bertz CT molecular complexity index is 2630. The zero-order chi connectivity index (χ0) is 49.7. The van der Waals surface area contributed by atoms with Crippen molar-refractivity contribution >= 4 is 46.5 Å². The first-order valence-electron chi connectivity index (χ1n) is 23.1. The van der Waals surface area contributed by atoms with Gasteiger partial charge in [-0.05, 0) is 72.3 Å². The maximum Gasteiger partial charge on any atom is 0.408 e. The van der Waals surface area contributed by atoms with Crippen LogP contribution in [0.3, 0.4) is 0 Å². The minimum absolute atomic E-state index is 0.00663. The minimum atomic E-state index is -1.42. The first-order valence-corrected chi connectivity index (χ1v) is 23.1. The van der Waals surface area contributed by atoms with Gasteiger partial charge in [0.2, 0.25) is 29.5 Å². The van der Waals surface area contributed by atoms with E-state index in [0.29, 0.717) is 29.9 Å². The Morgan fingerprint density at radius 2 is 1.09 bits per heavy atom. The summed E-state index contributed by atoms with van der Waals surface area (Å²) in [6, 6.07) is 36.1. The number of para-hydroxylation sites is 1. The average Bonchev–Trinajstić information content (AvgIpc) is 3.79. The molecular formula is C53H60N8O9. The number of nitrogens with two attached hydrogens (primary N) is 2. The summed E-state index contributed by atoms with van der Waals surface area (Å²) in [5.74, 6) is -3.17. The second kappa shape index (κ2) is 26.5. The van der Waals surface area contributed by atoms with E-state index in [9.17, 15) is 28.8 Å². The number of hydrogen-bond acceptors (Lipinski definition) is 10. The van der Waals surface area contributed by atoms with Crippen molar-refractivity contribution in [2.45, 2.75) is 82.6 Å². The highest BCUT2D eigenvalue weighted by Gasteiger charge is 2.33. The van der Waals surface area contributed by atoms with Crippen molar-refractivity contribution in [3.63, 3.8) is 0 Å². The van der Waals surface area contributed by atoms with Crippen LogP contribution in [0.4, 0.5) is 4.79 Å². The molecule has 0 aliphatic rings. The predicted molar refractivity (Wildman–Crippen MR) is 263 cm³/mol. The molecular weight excluding hydrogens is 893 g/mol. The number of carbonyl (C=O) groups is 6. The number of alkyl carbamates (subject to hydrolysis) is 1. The molecule has 366 valence electrons. The Kier molecular flexibility index (Phi) is 19.5. The number of carbonyl (C=O) groups excluding carboxylic acids is 6. The lowest BCUT2D eigenvalue weighted by molar-refractivity contribution is -0.135. The Morgan fingerprint density at radius 3 is 1.71 bits per heavy atom. The van der Waals surface area contributed by atoms with Gasteiger partial charge in [-0.2, -0.15) is 0 Å². The van der Waals surface area contributed by atoms with Crippen LogP contribution < -0.4 is 42.8 Å². The van der Waals surface area contributed by atoms with Crippen molar-refractivity contribution in [3.8, 4) is 5.75 Å². The smallest absolute Gasteiger partial charge is 0.408 e. The van der Waals surface area contributed by atoms with Crippen molar-refractivity contribution in [2.24, 2.45) is 11.5 Å². The summed E-state index contributed by atoms with van der Waals surface area (Å²) >= 11 is 0. The third-order valence-corrected chi connectivity index (χ3v) is 11.3. The molecule has 5 atom stereocenters. The maximum atomic E-state index is 14.7. The maximum absolute atomic E-state index is 14.7. The van der Waals surface area contributed by atoms with E-state index in [1.165, 1.54) is 6.92 Å². The molecule has 0 spiro atoms. The lowest BCUT2D eigenvalue weighted by Crippen LogP contribution is -2.60. The number of rotatable bonds is 26. The van der Waals surface area contributed by atoms with Crippen LogP contribution in [0.25, 0.3) is 10.9 Å². The Labute approximate surface area is 406 Å². The molecule has 6 rings (SSSR count). The summed E-state index contributed by atoms with van der Waals surface area (Å²) in [4.78, 5) is 85.4. The van der Waals surface area contributed by atoms with Gasteiger partial charge >= 0.3 is 6.09 Å². The van der Waals surface area contributed by atoms with E-state index in [0.717, 1.165) is 27.6 Å². The third-order valence-electron chi connectivity index (χ3n) is 11.3. The minimum Gasteiger partial charge on any atom is -0.489 e. The number of hydrogen-bond donors (Lipinski definition) is 8. The summed E-state index contributed by atoms with van der Waals surface area (Å²) in [7, 11) is 0. The molecule has 5 aromatic carbocycles. The Morgan fingerprint density at radius 1 is 0.557 bits per heavy atom. The highest BCUT2D eigenvalue weighted by Crippen LogP contribution is 2.20. The van der Waals surface area contributed by atoms with E-state index in [1.807, 2.05) is 103 Å². The Balaban J connectivity index is 1.25. The van der Waals surface area contributed by atoms with Crippen LogP contribution >= 0.6 is 0 Å². The summed E-state index contributed by atoms with van der Waals surface area (Å²) in [6.45, 7) is 1.65. The normalized spacial score (nSPS) is 13.1. The predicted octanol–water partition coefficient (Wildman–Crippen LogP) is 4.23. The van der Waals surface area contributed by atoms with Gasteiger partial charge in [-0.25, -0.2) is 4.79 Å². The molecule has 0 saturated heterocycles. The molecule has 0 saturated carbocycles. The fourth-order valence-electron chi connectivity index (χ4n) is 7.39. The largest absolute Gasteiger partial charge is 0.489 e. The van der Waals surface area contributed by atoms with Crippen molar-refractivity contribution < 1.29 is 43.0 Å². The van der Waals surface area contributed by atoms with E-state index in [-0.39, 0.29) is 45.6 Å². The van der Waals surface area contributed by atoms with E-state index < -0.39 is 65.8 Å². The van der Waals surface area contributed by atoms with Gasteiger partial charge in [0, 0.05) is 29.9 Å². The van der Waals surface area contributed by atoms with Crippen LogP contribution in [0.5, 0.6) is 5.75 Å². The average molecular weight is 953 g/mol. The molecule has 0 aliphatic heterocycles. The molecule has 0 aliphatic carbocycles. The van der Waals surface area contributed by atoms with Crippen LogP contribution in [0.2, 0.25) is 0 Å². The first kappa shape index (κ1) is 51.4. The summed E-state index contributed by atoms with van der Waals surface area (Å²) in [5, 5.41) is 14.4. The fourth-order valence-corrected chi connectivity index (χ4v) is 7.39. The molecule has 0 fully saturated rings. The molecule has 1 aromatic heterocycles. The fraction of sp³-hybridized carbons (Fsp3) is 0.283. The number of ether oxygens (including phenoxy) is 3. The van der Waals surface area contributed by atoms with Gasteiger partial charge in [-0.1, -0.05) is 121 Å². The van der Waals surface area contributed by atoms with Gasteiger partial charge < -0.3 is 57.2 Å². The van der Waals surface area contributed by atoms with Gasteiger partial charge in [0.1, 0.15) is 49.2 Å². The van der Waals surface area contributed by atoms with Crippen LogP contribution in [-0.2, 0) is 66.1 Å². The number of nitrogens with one attached hydrogen (secondary N) is 6. The lowest BCUT2D eigenvalue weighted by Gasteiger charge is -2.27. The van der Waals surface area contributed by atoms with E-state index >= 15 is 0 Å². The van der Waals surface area contributed by atoms with Gasteiger partial charge in [-0.3, -0.25) is 24.0 Å². The molecule has 70 heavy (non-hydrogen) atoms. The van der Waals surface area contributed by atoms with Crippen LogP contribution in [0.1, 0.15) is 47.6 Å². The number of amides is 6. The third kappa shape index (κ3) is 16.1. The number of benzene rings is 5. The van der Waals surface area contributed by atoms with Crippen molar-refractivity contribution in [3.05, 3.63) is 174 Å². The van der Waals surface area contributed by atoms with Crippen molar-refractivity contribution in [2.75, 3.05) is 13.2 Å². The Hall–Kier alpha value is -8.02. The summed E-state index contributed by atoms with van der Waals surface area (Å²) in [5.41, 5.74) is 16.0. The zero-order valence-electron chi connectivity index (χ0n) is 38.9. The SMILES string of the molecule is C[C@@H](NC(=O)[C@H](Cc1c[nH]c2ccccc12)NC(=O)[C@H](COCc1ccccc1)NC(=O)[C@H](Cc1ccc(OCc2ccccc2)cc1)NC(=O)[C@H](CCCN)NC(=O)OCc1ccccc1)C(N)=O. The number of aromatic amines is 1. The van der Waals surface area contributed by atoms with Gasteiger partial charge in [0.15, 0.2) is 0 Å². The van der Waals surface area contributed by atoms with Crippen LogP contribution in [0.15, 0.2) is 146 Å². The monoisotopic (exact) mass is 952 g/mol. The topological polar surface area (TPSA) is 258 Å². The molecule has 6 amide bonds. The summed E-state index contributed by atoms with van der Waals surface area (Å²) in [6.07, 6.45) is 1.28. The van der Waals surface area contributed by atoms with E-state index in [1.54, 1.807) is 42.6 Å². The molecule has 17 heteroatoms. The summed E-state index contributed by atoms with van der Waals surface area (Å²) < 4.78 is 17.4. The zero-order valence-corrected chi connectivity index (χ0v) is 38.9. The quantitative estimate of drug-likeness (QED) is 0.0384. The number of fused-ring (bicyclic) bond motifs is 1. The number of aromatic nitrogens is 1. The molecule has 17 nitrogen and oxygen atoms in total. The molecule has 6 aromatic rings. The second-order valence-electron chi connectivity index (χ2n) is 16.7. The van der Waals surface area contributed by atoms with Gasteiger partial charge in [0.25, 0.3) is 0 Å². The molecule has 1 heterocycles. The lowest BCUT2D eigenvalue weighted by atomic mass is 10.0. The van der Waals surface area contributed by atoms with Crippen LogP contribution in [-0.4, -0.2) is 84.0 Å². The molecule has 0 unspecified atom stereocenters. The number of H-pyrrole nitrogens is 1. The van der Waals surface area contributed by atoms with Gasteiger partial charge in [-0.15, -0.1) is 0 Å². The first-order chi connectivity index (χ1) is 33.9. The highest BCUT2D eigenvalue weighted by molar-refractivity contribution is 5.96. The van der Waals surface area contributed by atoms with Crippen molar-refractivity contribution in [1.29, 1.82) is 0 Å².